The third kappa shape index (κ3) is 5.48. The van der Waals surface area contributed by atoms with Gasteiger partial charge in [-0.25, -0.2) is 4.98 Å². The smallest absolute Gasteiger partial charge is 0.509 e. The normalized spacial score (nSPS) is 11.5. The third-order valence-electron chi connectivity index (χ3n) is 9.69. The minimum atomic E-state index is 0. The maximum Gasteiger partial charge on any atom is 2.00 e. The second-order valence-electron chi connectivity index (χ2n) is 13.0. The van der Waals surface area contributed by atoms with Crippen LogP contribution < -0.4 is 4.74 Å². The summed E-state index contributed by atoms with van der Waals surface area (Å²) in [6.45, 7) is 19.9. The fraction of sp³-hybridized carbons (Fsp3) is 0.238. The molecule has 0 unspecified atom stereocenters. The van der Waals surface area contributed by atoms with Crippen LogP contribution in [0.15, 0.2) is 72.9 Å². The zero-order valence-electron chi connectivity index (χ0n) is 29.0. The SMILES string of the molecule is Cc1ccnc(-n2c3[c-]c(Oc4[c-]c(-n5nc(C)c(-c6c(C)c(C)c(C(C)C)c(C)c6C)c5C)ccc4)ccc3c3ccccc32)c1.[Pt+2]. The van der Waals surface area contributed by atoms with Crippen molar-refractivity contribution in [2.45, 2.75) is 68.2 Å². The number of aromatic nitrogens is 4. The first-order valence-electron chi connectivity index (χ1n) is 16.3. The van der Waals surface area contributed by atoms with Gasteiger partial charge in [-0.05, 0) is 123 Å². The first kappa shape index (κ1) is 33.4. The molecule has 0 aliphatic heterocycles. The molecule has 5 nitrogen and oxygen atoms in total. The Labute approximate surface area is 297 Å². The fourth-order valence-corrected chi connectivity index (χ4v) is 7.37. The number of pyridine rings is 1. The number of hydrogen-bond donors (Lipinski definition) is 0. The summed E-state index contributed by atoms with van der Waals surface area (Å²) in [6, 6.07) is 29.6. The Morgan fingerprint density at radius 2 is 1.42 bits per heavy atom. The van der Waals surface area contributed by atoms with Gasteiger partial charge in [-0.3, -0.25) is 4.68 Å². The molecule has 0 aliphatic carbocycles. The predicted octanol–water partition coefficient (Wildman–Crippen LogP) is 10.7. The molecular weight excluding hydrogens is 772 g/mol. The average molecular weight is 812 g/mol. The summed E-state index contributed by atoms with van der Waals surface area (Å²) in [7, 11) is 0. The van der Waals surface area contributed by atoms with Crippen LogP contribution in [0.2, 0.25) is 0 Å². The van der Waals surface area contributed by atoms with Gasteiger partial charge in [0, 0.05) is 34.5 Å². The van der Waals surface area contributed by atoms with Gasteiger partial charge < -0.3 is 9.30 Å². The van der Waals surface area contributed by atoms with Crippen molar-refractivity contribution in [2.75, 3.05) is 0 Å². The summed E-state index contributed by atoms with van der Waals surface area (Å²) in [4.78, 5) is 4.70. The number of benzene rings is 4. The van der Waals surface area contributed by atoms with E-state index in [-0.39, 0.29) is 21.1 Å². The first-order valence-corrected chi connectivity index (χ1v) is 16.3. The summed E-state index contributed by atoms with van der Waals surface area (Å²) in [5.74, 6) is 2.54. The number of rotatable bonds is 6. The van der Waals surface area contributed by atoms with Crippen LogP contribution in [-0.4, -0.2) is 19.3 Å². The molecular formula is C42H40N4OPt. The zero-order chi connectivity index (χ0) is 33.1. The van der Waals surface area contributed by atoms with Crippen molar-refractivity contribution in [1.29, 1.82) is 0 Å². The average Bonchev–Trinajstić information content (AvgIpc) is 3.53. The number of aryl methyl sites for hydroxylation is 2. The number of hydrogen-bond acceptors (Lipinski definition) is 3. The van der Waals surface area contributed by atoms with E-state index >= 15 is 0 Å². The van der Waals surface area contributed by atoms with Gasteiger partial charge >= 0.3 is 21.1 Å². The number of nitrogens with zero attached hydrogens (tertiary/aromatic N) is 4. The molecule has 0 fully saturated rings. The Hall–Kier alpha value is -4.47. The van der Waals surface area contributed by atoms with Gasteiger partial charge in [-0.1, -0.05) is 37.6 Å². The van der Waals surface area contributed by atoms with E-state index in [1.165, 1.54) is 38.9 Å². The molecule has 0 N–H and O–H groups in total. The van der Waals surface area contributed by atoms with Gasteiger partial charge in [-0.2, -0.15) is 17.2 Å². The topological polar surface area (TPSA) is 44.9 Å². The molecule has 0 atom stereocenters. The van der Waals surface area contributed by atoms with Crippen LogP contribution in [0.5, 0.6) is 11.5 Å². The van der Waals surface area contributed by atoms with Crippen molar-refractivity contribution in [1.82, 2.24) is 19.3 Å². The van der Waals surface area contributed by atoms with Gasteiger partial charge in [-0.15, -0.1) is 35.7 Å². The van der Waals surface area contributed by atoms with Gasteiger partial charge in [0.2, 0.25) is 0 Å². The number of fused-ring (bicyclic) bond motifs is 3. The summed E-state index contributed by atoms with van der Waals surface area (Å²) in [5, 5.41) is 7.28. The van der Waals surface area contributed by atoms with E-state index in [1.54, 1.807) is 0 Å². The van der Waals surface area contributed by atoms with Gasteiger partial charge in [0.15, 0.2) is 0 Å². The van der Waals surface area contributed by atoms with Crippen LogP contribution in [-0.2, 0) is 21.1 Å². The second-order valence-corrected chi connectivity index (χ2v) is 13.0. The monoisotopic (exact) mass is 811 g/mol. The van der Waals surface area contributed by atoms with E-state index in [1.807, 2.05) is 41.2 Å². The van der Waals surface area contributed by atoms with E-state index in [0.717, 1.165) is 50.3 Å². The first-order chi connectivity index (χ1) is 22.5. The van der Waals surface area contributed by atoms with E-state index in [9.17, 15) is 0 Å². The molecule has 7 aromatic rings. The molecule has 48 heavy (non-hydrogen) atoms. The van der Waals surface area contributed by atoms with Crippen molar-refractivity contribution < 1.29 is 25.8 Å². The number of para-hydroxylation sites is 1. The van der Waals surface area contributed by atoms with E-state index < -0.39 is 0 Å². The molecule has 0 radical (unpaired) electrons. The molecule has 3 heterocycles. The van der Waals surface area contributed by atoms with Crippen LogP contribution in [0, 0.1) is 60.6 Å². The van der Waals surface area contributed by atoms with Gasteiger partial charge in [0.25, 0.3) is 0 Å². The summed E-state index contributed by atoms with van der Waals surface area (Å²) >= 11 is 0. The zero-order valence-corrected chi connectivity index (χ0v) is 31.3. The summed E-state index contributed by atoms with van der Waals surface area (Å²) in [5.41, 5.74) is 15.4. The standard InChI is InChI=1S/C42H40N4O.Pt/c1-24(2)40-26(4)28(6)41(29(7)27(40)5)42-30(8)44-46(31(42)9)32-13-12-14-33(22-32)47-34-17-18-36-35-15-10-11-16-37(35)45(38(36)23-34)39-21-25(3)19-20-43-39;/h10-21,24H,1-9H3;/q-2;+2. The molecule has 0 saturated carbocycles. The Bertz CT molecular complexity index is 2310. The molecule has 244 valence electrons. The van der Waals surface area contributed by atoms with Crippen LogP contribution in [0.4, 0.5) is 0 Å². The minimum Gasteiger partial charge on any atom is -0.509 e. The molecule has 0 aliphatic rings. The molecule has 3 aromatic heterocycles. The predicted molar refractivity (Wildman–Crippen MR) is 193 cm³/mol. The van der Waals surface area contributed by atoms with Crippen molar-refractivity contribution in [2.24, 2.45) is 0 Å². The quantitative estimate of drug-likeness (QED) is 0.157. The van der Waals surface area contributed by atoms with E-state index in [4.69, 9.17) is 14.8 Å². The third-order valence-corrected chi connectivity index (χ3v) is 9.69. The van der Waals surface area contributed by atoms with Crippen LogP contribution in [0.3, 0.4) is 0 Å². The van der Waals surface area contributed by atoms with E-state index in [2.05, 4.69) is 115 Å². The molecule has 7 rings (SSSR count). The molecule has 0 bridgehead atoms. The van der Waals surface area contributed by atoms with Crippen molar-refractivity contribution in [3.05, 3.63) is 130 Å². The second kappa shape index (κ2) is 12.9. The van der Waals surface area contributed by atoms with Gasteiger partial charge in [0.05, 0.1) is 5.69 Å². The van der Waals surface area contributed by atoms with E-state index in [0.29, 0.717) is 17.4 Å². The molecule has 0 spiro atoms. The minimum absolute atomic E-state index is 0. The number of ether oxygens (including phenoxy) is 1. The summed E-state index contributed by atoms with van der Waals surface area (Å²) in [6.07, 6.45) is 1.85. The maximum absolute atomic E-state index is 6.44. The van der Waals surface area contributed by atoms with Crippen LogP contribution in [0.25, 0.3) is 44.4 Å². The Morgan fingerprint density at radius 3 is 2.12 bits per heavy atom. The Morgan fingerprint density at radius 1 is 0.708 bits per heavy atom. The van der Waals surface area contributed by atoms with Crippen LogP contribution >= 0.6 is 0 Å². The van der Waals surface area contributed by atoms with Crippen LogP contribution in [0.1, 0.15) is 64.5 Å². The van der Waals surface area contributed by atoms with Crippen molar-refractivity contribution >= 4 is 21.8 Å². The summed E-state index contributed by atoms with van der Waals surface area (Å²) < 4.78 is 10.6. The van der Waals surface area contributed by atoms with Crippen molar-refractivity contribution in [3.8, 4) is 34.1 Å². The fourth-order valence-electron chi connectivity index (χ4n) is 7.37. The molecule has 0 amide bonds. The Balaban J connectivity index is 0.00000401. The molecule has 0 saturated heterocycles. The molecule has 6 heteroatoms. The maximum atomic E-state index is 6.44. The molecule has 4 aromatic carbocycles. The Kier molecular flexibility index (Phi) is 8.95. The largest absolute Gasteiger partial charge is 2.00 e. The van der Waals surface area contributed by atoms with Crippen molar-refractivity contribution in [3.63, 3.8) is 0 Å². The van der Waals surface area contributed by atoms with Gasteiger partial charge in [0.1, 0.15) is 5.82 Å².